The molecule has 8 heteroatoms. The van der Waals surface area contributed by atoms with E-state index >= 15 is 0 Å². The van der Waals surface area contributed by atoms with Crippen LogP contribution in [0.5, 0.6) is 0 Å². The van der Waals surface area contributed by atoms with E-state index in [1.54, 1.807) is 6.07 Å². The van der Waals surface area contributed by atoms with Crippen LogP contribution in [-0.4, -0.2) is 9.85 Å². The Bertz CT molecular complexity index is 490. The molecule has 0 amide bonds. The van der Waals surface area contributed by atoms with Crippen molar-refractivity contribution in [3.8, 4) is 6.07 Å². The van der Waals surface area contributed by atoms with E-state index in [2.05, 4.69) is 0 Å². The van der Waals surface area contributed by atoms with Gasteiger partial charge in [0.05, 0.1) is 15.4 Å². The Labute approximate surface area is 82.8 Å². The molecule has 0 radical (unpaired) electrons. The number of nitro groups is 2. The molecule has 0 aliphatic carbocycles. The molecule has 1 aromatic rings. The zero-order chi connectivity index (χ0) is 11.6. The molecule has 1 aromatic carbocycles. The highest BCUT2D eigenvalue weighted by atomic mass is 16.6. The number of nitrogen functional groups attached to an aromatic ring is 1. The number of hydrogen-bond donors (Lipinski definition) is 1. The Kier molecular flexibility index (Phi) is 2.48. The van der Waals surface area contributed by atoms with Gasteiger partial charge in [-0.15, -0.1) is 0 Å². The first-order chi connectivity index (χ1) is 6.99. The average molecular weight is 208 g/mol. The summed E-state index contributed by atoms with van der Waals surface area (Å²) in [6, 6.07) is 3.56. The maximum absolute atomic E-state index is 10.5. The van der Waals surface area contributed by atoms with Crippen LogP contribution in [0.3, 0.4) is 0 Å². The highest BCUT2D eigenvalue weighted by Crippen LogP contribution is 2.34. The highest BCUT2D eigenvalue weighted by Gasteiger charge is 2.29. The Morgan fingerprint density at radius 3 is 2.27 bits per heavy atom. The Morgan fingerprint density at radius 2 is 1.87 bits per heavy atom. The largest absolute Gasteiger partial charge is 0.392 e. The minimum atomic E-state index is -0.978. The lowest BCUT2D eigenvalue weighted by atomic mass is 10.1. The number of rotatable bonds is 2. The first kappa shape index (κ1) is 10.4. The van der Waals surface area contributed by atoms with Gasteiger partial charge in [0, 0.05) is 6.07 Å². The maximum atomic E-state index is 10.5. The normalized spacial score (nSPS) is 9.27. The summed E-state index contributed by atoms with van der Waals surface area (Å²) in [6.07, 6.45) is 0. The zero-order valence-electron chi connectivity index (χ0n) is 7.21. The Hall–Kier alpha value is -2.69. The summed E-state index contributed by atoms with van der Waals surface area (Å²) in [6.45, 7) is 0. The zero-order valence-corrected chi connectivity index (χ0v) is 7.21. The van der Waals surface area contributed by atoms with Crippen molar-refractivity contribution < 1.29 is 9.85 Å². The van der Waals surface area contributed by atoms with Crippen LogP contribution in [0.15, 0.2) is 12.1 Å². The molecular weight excluding hydrogens is 204 g/mol. The van der Waals surface area contributed by atoms with E-state index in [-0.39, 0.29) is 5.56 Å². The second kappa shape index (κ2) is 3.59. The lowest BCUT2D eigenvalue weighted by Crippen LogP contribution is -2.02. The summed E-state index contributed by atoms with van der Waals surface area (Å²) in [4.78, 5) is 19.1. The summed E-state index contributed by atoms with van der Waals surface area (Å²) in [5, 5.41) is 29.5. The molecule has 0 aliphatic rings. The van der Waals surface area contributed by atoms with E-state index in [1.807, 2.05) is 0 Å². The van der Waals surface area contributed by atoms with Gasteiger partial charge in [0.2, 0.25) is 0 Å². The van der Waals surface area contributed by atoms with Crippen molar-refractivity contribution in [3.05, 3.63) is 37.9 Å². The van der Waals surface area contributed by atoms with Crippen LogP contribution >= 0.6 is 0 Å². The molecule has 0 atom stereocenters. The van der Waals surface area contributed by atoms with Gasteiger partial charge in [0.25, 0.3) is 0 Å². The van der Waals surface area contributed by atoms with Crippen LogP contribution in [0.25, 0.3) is 0 Å². The quantitative estimate of drug-likeness (QED) is 0.436. The molecule has 0 saturated carbocycles. The number of benzene rings is 1. The molecule has 0 aromatic heterocycles. The van der Waals surface area contributed by atoms with Crippen LogP contribution in [0.1, 0.15) is 5.56 Å². The molecule has 0 fully saturated rings. The van der Waals surface area contributed by atoms with E-state index in [9.17, 15) is 20.2 Å². The molecule has 15 heavy (non-hydrogen) atoms. The van der Waals surface area contributed by atoms with E-state index in [0.717, 1.165) is 12.1 Å². The van der Waals surface area contributed by atoms with Gasteiger partial charge in [-0.25, -0.2) is 0 Å². The van der Waals surface area contributed by atoms with Gasteiger partial charge >= 0.3 is 11.4 Å². The molecule has 8 nitrogen and oxygen atoms in total. The first-order valence-corrected chi connectivity index (χ1v) is 3.60. The van der Waals surface area contributed by atoms with Gasteiger partial charge in [-0.3, -0.25) is 20.2 Å². The van der Waals surface area contributed by atoms with E-state index in [0.29, 0.717) is 0 Å². The summed E-state index contributed by atoms with van der Waals surface area (Å²) in [7, 11) is 0. The third-order valence-corrected chi connectivity index (χ3v) is 1.70. The molecule has 2 N–H and O–H groups in total. The molecule has 1 rings (SSSR count). The molecule has 0 unspecified atom stereocenters. The van der Waals surface area contributed by atoms with Gasteiger partial charge in [0.1, 0.15) is 11.8 Å². The number of nitro benzene ring substituents is 2. The van der Waals surface area contributed by atoms with Crippen LogP contribution in [0.2, 0.25) is 0 Å². The predicted octanol–water partition coefficient (Wildman–Crippen LogP) is 0.957. The smallest absolute Gasteiger partial charge is 0.369 e. The van der Waals surface area contributed by atoms with E-state index in [1.165, 1.54) is 0 Å². The van der Waals surface area contributed by atoms with Crippen molar-refractivity contribution in [3.63, 3.8) is 0 Å². The summed E-state index contributed by atoms with van der Waals surface area (Å²) in [5.41, 5.74) is 3.04. The fraction of sp³-hybridized carbons (Fsp3) is 0. The lowest BCUT2D eigenvalue weighted by Gasteiger charge is -1.99. The van der Waals surface area contributed by atoms with Crippen LogP contribution in [0.4, 0.5) is 17.1 Å². The van der Waals surface area contributed by atoms with Gasteiger partial charge in [-0.1, -0.05) is 0 Å². The fourth-order valence-electron chi connectivity index (χ4n) is 1.03. The minimum absolute atomic E-state index is 0.160. The second-order valence-corrected chi connectivity index (χ2v) is 2.52. The summed E-state index contributed by atoms with van der Waals surface area (Å²) in [5.74, 6) is 0. The number of anilines is 1. The molecule has 0 saturated heterocycles. The number of hydrogen-bond acceptors (Lipinski definition) is 6. The van der Waals surface area contributed by atoms with Crippen LogP contribution in [0, 0.1) is 31.6 Å². The Balaban J connectivity index is 3.60. The minimum Gasteiger partial charge on any atom is -0.392 e. The maximum Gasteiger partial charge on any atom is 0.369 e. The molecule has 0 spiro atoms. The first-order valence-electron chi connectivity index (χ1n) is 3.60. The molecule has 76 valence electrons. The predicted molar refractivity (Wildman–Crippen MR) is 48.9 cm³/mol. The second-order valence-electron chi connectivity index (χ2n) is 2.52. The van der Waals surface area contributed by atoms with Crippen molar-refractivity contribution in [1.82, 2.24) is 0 Å². The lowest BCUT2D eigenvalue weighted by molar-refractivity contribution is -0.421. The molecular formula is C7H4N4O4. The molecule has 0 bridgehead atoms. The average Bonchev–Trinajstić information content (AvgIpc) is 2.16. The number of nitrogens with two attached hydrogens (primary N) is 1. The fourth-order valence-corrected chi connectivity index (χ4v) is 1.03. The topological polar surface area (TPSA) is 136 Å². The monoisotopic (exact) mass is 208 g/mol. The van der Waals surface area contributed by atoms with Crippen molar-refractivity contribution >= 4 is 17.1 Å². The summed E-state index contributed by atoms with van der Waals surface area (Å²) < 4.78 is 0. The molecule has 0 aliphatic heterocycles. The van der Waals surface area contributed by atoms with Crippen molar-refractivity contribution in [2.24, 2.45) is 0 Å². The SMILES string of the molecule is N#Cc1ccc([N+](=O)[O-])c([N+](=O)[O-])c1N. The van der Waals surface area contributed by atoms with E-state index < -0.39 is 26.9 Å². The third-order valence-electron chi connectivity index (χ3n) is 1.70. The van der Waals surface area contributed by atoms with Gasteiger partial charge in [-0.05, 0) is 6.07 Å². The third kappa shape index (κ3) is 1.66. The van der Waals surface area contributed by atoms with Gasteiger partial charge in [0.15, 0.2) is 0 Å². The highest BCUT2D eigenvalue weighted by molar-refractivity contribution is 5.75. The van der Waals surface area contributed by atoms with Gasteiger partial charge in [-0.2, -0.15) is 5.26 Å². The standard InChI is InChI=1S/C7H4N4O4/c8-3-4-1-2-5(10(12)13)7(6(4)9)11(14)15/h1-2H,9H2. The van der Waals surface area contributed by atoms with Gasteiger partial charge < -0.3 is 5.73 Å². The van der Waals surface area contributed by atoms with Crippen molar-refractivity contribution in [2.75, 3.05) is 5.73 Å². The number of nitrogens with zero attached hydrogens (tertiary/aromatic N) is 3. The summed E-state index contributed by atoms with van der Waals surface area (Å²) >= 11 is 0. The van der Waals surface area contributed by atoms with E-state index in [4.69, 9.17) is 11.0 Å². The molecule has 0 heterocycles. The van der Waals surface area contributed by atoms with Crippen LogP contribution < -0.4 is 5.73 Å². The number of nitriles is 1. The van der Waals surface area contributed by atoms with Crippen molar-refractivity contribution in [1.29, 1.82) is 5.26 Å². The Morgan fingerprint density at radius 1 is 1.27 bits per heavy atom. The van der Waals surface area contributed by atoms with Crippen molar-refractivity contribution in [2.45, 2.75) is 0 Å². The van der Waals surface area contributed by atoms with Crippen LogP contribution in [-0.2, 0) is 0 Å².